The third kappa shape index (κ3) is 4.70. The van der Waals surface area contributed by atoms with E-state index in [1.807, 2.05) is 6.92 Å². The molecular weight excluding hydrogens is 325 g/mol. The van der Waals surface area contributed by atoms with Gasteiger partial charge in [-0.05, 0) is 30.7 Å². The molecule has 1 N–H and O–H groups in total. The van der Waals surface area contributed by atoms with Crippen LogP contribution in [-0.2, 0) is 15.7 Å². The van der Waals surface area contributed by atoms with Gasteiger partial charge >= 0.3 is 6.18 Å². The molecular formula is C16H19F3N2O3. The molecule has 1 aromatic carbocycles. The average molecular weight is 344 g/mol. The molecule has 132 valence electrons. The summed E-state index contributed by atoms with van der Waals surface area (Å²) >= 11 is 0. The van der Waals surface area contributed by atoms with Gasteiger partial charge in [0.1, 0.15) is 0 Å². The molecule has 1 atom stereocenters. The number of rotatable bonds is 4. The highest BCUT2D eigenvalue weighted by Crippen LogP contribution is 2.29. The molecule has 1 fully saturated rings. The fraction of sp³-hybridized carbons (Fsp3) is 0.500. The molecule has 0 aromatic heterocycles. The molecule has 0 saturated carbocycles. The minimum atomic E-state index is -4.45. The van der Waals surface area contributed by atoms with Crippen LogP contribution in [0.2, 0.25) is 0 Å². The molecule has 1 heterocycles. The Bertz CT molecular complexity index is 587. The number of ether oxygens (including phenoxy) is 1. The lowest BCUT2D eigenvalue weighted by atomic mass is 10.1. The lowest BCUT2D eigenvalue weighted by Gasteiger charge is -2.32. The number of carbonyl (C=O) groups is 2. The largest absolute Gasteiger partial charge is 0.416 e. The summed E-state index contributed by atoms with van der Waals surface area (Å²) in [7, 11) is 0. The summed E-state index contributed by atoms with van der Waals surface area (Å²) in [5.74, 6) is -0.825. The summed E-state index contributed by atoms with van der Waals surface area (Å²) in [6.45, 7) is 3.16. The number of amides is 2. The number of benzene rings is 1. The summed E-state index contributed by atoms with van der Waals surface area (Å²) in [4.78, 5) is 25.6. The first kappa shape index (κ1) is 18.3. The maximum atomic E-state index is 12.5. The summed E-state index contributed by atoms with van der Waals surface area (Å²) in [6, 6.07) is 3.85. The molecule has 2 amide bonds. The van der Waals surface area contributed by atoms with Gasteiger partial charge in [-0.25, -0.2) is 0 Å². The van der Waals surface area contributed by atoms with E-state index in [2.05, 4.69) is 5.32 Å². The molecule has 5 nitrogen and oxygen atoms in total. The highest BCUT2D eigenvalue weighted by atomic mass is 19.4. The van der Waals surface area contributed by atoms with E-state index in [0.29, 0.717) is 19.7 Å². The lowest BCUT2D eigenvalue weighted by molar-refractivity contribution is -0.138. The number of morpholine rings is 1. The predicted molar refractivity (Wildman–Crippen MR) is 80.4 cm³/mol. The normalized spacial score (nSPS) is 18.3. The Hall–Kier alpha value is -2.09. The molecule has 0 aliphatic carbocycles. The lowest BCUT2D eigenvalue weighted by Crippen LogP contribution is -2.48. The highest BCUT2D eigenvalue weighted by molar-refractivity contribution is 5.96. The number of hydrogen-bond donors (Lipinski definition) is 1. The van der Waals surface area contributed by atoms with E-state index in [4.69, 9.17) is 4.74 Å². The number of carbonyl (C=O) groups excluding carboxylic acids is 2. The second kappa shape index (κ2) is 7.65. The van der Waals surface area contributed by atoms with Crippen LogP contribution < -0.4 is 5.32 Å². The first-order valence-corrected chi connectivity index (χ1v) is 7.66. The zero-order chi connectivity index (χ0) is 17.7. The Morgan fingerprint density at radius 1 is 1.29 bits per heavy atom. The Kier molecular flexibility index (Phi) is 5.82. The zero-order valence-electron chi connectivity index (χ0n) is 13.2. The molecule has 24 heavy (non-hydrogen) atoms. The van der Waals surface area contributed by atoms with Crippen molar-refractivity contribution in [2.75, 3.05) is 26.2 Å². The third-order valence-electron chi connectivity index (χ3n) is 3.82. The number of nitrogens with one attached hydrogen (secondary N) is 1. The van der Waals surface area contributed by atoms with Crippen LogP contribution in [0, 0.1) is 0 Å². The molecule has 1 saturated heterocycles. The van der Waals surface area contributed by atoms with Gasteiger partial charge < -0.3 is 15.0 Å². The Morgan fingerprint density at radius 3 is 2.54 bits per heavy atom. The summed E-state index contributed by atoms with van der Waals surface area (Å²) in [5, 5.41) is 2.43. The van der Waals surface area contributed by atoms with Crippen LogP contribution in [-0.4, -0.2) is 49.1 Å². The second-order valence-electron chi connectivity index (χ2n) is 5.50. The maximum Gasteiger partial charge on any atom is 0.416 e. The van der Waals surface area contributed by atoms with Crippen LogP contribution in [0.5, 0.6) is 0 Å². The summed E-state index contributed by atoms with van der Waals surface area (Å²) in [6.07, 6.45) is -3.66. The zero-order valence-corrected chi connectivity index (χ0v) is 13.2. The molecule has 0 radical (unpaired) electrons. The van der Waals surface area contributed by atoms with Gasteiger partial charge in [0.05, 0.1) is 24.8 Å². The topological polar surface area (TPSA) is 58.6 Å². The maximum absolute atomic E-state index is 12.5. The molecule has 0 unspecified atom stereocenters. The van der Waals surface area contributed by atoms with Gasteiger partial charge in [0.15, 0.2) is 0 Å². The van der Waals surface area contributed by atoms with E-state index in [9.17, 15) is 22.8 Å². The van der Waals surface area contributed by atoms with Crippen LogP contribution in [0.3, 0.4) is 0 Å². The Morgan fingerprint density at radius 2 is 1.96 bits per heavy atom. The molecule has 1 aliphatic rings. The number of halogens is 3. The van der Waals surface area contributed by atoms with Crippen molar-refractivity contribution in [3.8, 4) is 0 Å². The van der Waals surface area contributed by atoms with Crippen LogP contribution in [0.1, 0.15) is 29.3 Å². The van der Waals surface area contributed by atoms with E-state index in [0.717, 1.165) is 30.7 Å². The van der Waals surface area contributed by atoms with Crippen LogP contribution in [0.4, 0.5) is 13.2 Å². The van der Waals surface area contributed by atoms with Gasteiger partial charge in [-0.2, -0.15) is 13.2 Å². The monoisotopic (exact) mass is 344 g/mol. The van der Waals surface area contributed by atoms with Crippen molar-refractivity contribution in [1.82, 2.24) is 10.2 Å². The van der Waals surface area contributed by atoms with Crippen LogP contribution in [0.25, 0.3) is 0 Å². The average Bonchev–Trinajstić information content (AvgIpc) is 2.58. The van der Waals surface area contributed by atoms with E-state index >= 15 is 0 Å². The minimum Gasteiger partial charge on any atom is -0.375 e. The molecule has 0 bridgehead atoms. The van der Waals surface area contributed by atoms with Gasteiger partial charge in [0, 0.05) is 18.7 Å². The van der Waals surface area contributed by atoms with E-state index in [1.165, 1.54) is 0 Å². The van der Waals surface area contributed by atoms with Crippen LogP contribution >= 0.6 is 0 Å². The molecule has 2 rings (SSSR count). The standard InChI is InChI=1S/C16H19F3N2O3/c1-2-13-10-21(7-8-24-13)14(22)9-20-15(23)11-3-5-12(6-4-11)16(17,18)19/h3-6,13H,2,7-10H2,1H3,(H,20,23)/t13-/m1/s1. The van der Waals surface area contributed by atoms with Gasteiger partial charge in [0.2, 0.25) is 5.91 Å². The molecule has 8 heteroatoms. The molecule has 1 aliphatic heterocycles. The van der Waals surface area contributed by atoms with Crippen molar-refractivity contribution >= 4 is 11.8 Å². The first-order valence-electron chi connectivity index (χ1n) is 7.66. The van der Waals surface area contributed by atoms with Crippen LogP contribution in [0.15, 0.2) is 24.3 Å². The predicted octanol–water partition coefficient (Wildman–Crippen LogP) is 2.07. The van der Waals surface area contributed by atoms with Crippen molar-refractivity contribution in [2.24, 2.45) is 0 Å². The van der Waals surface area contributed by atoms with Gasteiger partial charge in [-0.15, -0.1) is 0 Å². The van der Waals surface area contributed by atoms with E-state index in [-0.39, 0.29) is 24.1 Å². The first-order chi connectivity index (χ1) is 11.3. The van der Waals surface area contributed by atoms with Crippen molar-refractivity contribution in [1.29, 1.82) is 0 Å². The quantitative estimate of drug-likeness (QED) is 0.910. The van der Waals surface area contributed by atoms with Crippen molar-refractivity contribution in [2.45, 2.75) is 25.6 Å². The SMILES string of the molecule is CC[C@@H]1CN(C(=O)CNC(=O)c2ccc(C(F)(F)F)cc2)CCO1. The van der Waals surface area contributed by atoms with Crippen molar-refractivity contribution in [3.05, 3.63) is 35.4 Å². The fourth-order valence-electron chi connectivity index (χ4n) is 2.37. The van der Waals surface area contributed by atoms with Crippen molar-refractivity contribution in [3.63, 3.8) is 0 Å². The van der Waals surface area contributed by atoms with Gasteiger partial charge in [-0.3, -0.25) is 9.59 Å². The van der Waals surface area contributed by atoms with Gasteiger partial charge in [-0.1, -0.05) is 6.92 Å². The fourth-order valence-corrected chi connectivity index (χ4v) is 2.37. The molecule has 1 aromatic rings. The number of nitrogens with zero attached hydrogens (tertiary/aromatic N) is 1. The Labute approximate surface area is 137 Å². The number of hydrogen-bond acceptors (Lipinski definition) is 3. The minimum absolute atomic E-state index is 0.00619. The van der Waals surface area contributed by atoms with Gasteiger partial charge in [0.25, 0.3) is 5.91 Å². The highest BCUT2D eigenvalue weighted by Gasteiger charge is 2.30. The van der Waals surface area contributed by atoms with E-state index < -0.39 is 17.6 Å². The smallest absolute Gasteiger partial charge is 0.375 e. The third-order valence-corrected chi connectivity index (χ3v) is 3.82. The summed E-state index contributed by atoms with van der Waals surface area (Å²) in [5.41, 5.74) is -0.752. The summed E-state index contributed by atoms with van der Waals surface area (Å²) < 4.78 is 42.9. The van der Waals surface area contributed by atoms with Crippen molar-refractivity contribution < 1.29 is 27.5 Å². The second-order valence-corrected chi connectivity index (χ2v) is 5.50. The van der Waals surface area contributed by atoms with E-state index in [1.54, 1.807) is 4.90 Å². The molecule has 0 spiro atoms. The number of alkyl halides is 3. The Balaban J connectivity index is 1.87.